The summed E-state index contributed by atoms with van der Waals surface area (Å²) < 4.78 is 6.72. The smallest absolute Gasteiger partial charge is 0.358 e. The Kier molecular flexibility index (Phi) is 3.85. The SMILES string of the molecule is CC(C)COC(=O)c1ccn(-c2cccc(N)c2)n1. The van der Waals surface area contributed by atoms with Gasteiger partial charge in [-0.3, -0.25) is 0 Å². The van der Waals surface area contributed by atoms with Gasteiger partial charge in [-0.25, -0.2) is 9.48 Å². The van der Waals surface area contributed by atoms with Crippen LogP contribution in [-0.4, -0.2) is 22.4 Å². The van der Waals surface area contributed by atoms with Crippen molar-refractivity contribution in [3.63, 3.8) is 0 Å². The summed E-state index contributed by atoms with van der Waals surface area (Å²) in [6, 6.07) is 8.92. The van der Waals surface area contributed by atoms with Crippen LogP contribution in [0.1, 0.15) is 24.3 Å². The lowest BCUT2D eigenvalue weighted by Gasteiger charge is -2.05. The lowest BCUT2D eigenvalue weighted by molar-refractivity contribution is 0.0451. The van der Waals surface area contributed by atoms with Crippen LogP contribution >= 0.6 is 0 Å². The molecule has 0 aliphatic rings. The second-order valence-corrected chi connectivity index (χ2v) is 4.73. The van der Waals surface area contributed by atoms with Crippen LogP contribution in [0.4, 0.5) is 5.69 Å². The molecule has 1 heterocycles. The molecule has 0 aliphatic heterocycles. The van der Waals surface area contributed by atoms with Crippen molar-refractivity contribution in [3.8, 4) is 5.69 Å². The Balaban J connectivity index is 2.13. The number of carbonyl (C=O) groups is 1. The third-order valence-corrected chi connectivity index (χ3v) is 2.48. The molecule has 1 aromatic carbocycles. The summed E-state index contributed by atoms with van der Waals surface area (Å²) in [7, 11) is 0. The number of aromatic nitrogens is 2. The van der Waals surface area contributed by atoms with Crippen molar-refractivity contribution in [1.29, 1.82) is 0 Å². The van der Waals surface area contributed by atoms with E-state index in [0.717, 1.165) is 5.69 Å². The molecule has 0 spiro atoms. The third kappa shape index (κ3) is 3.34. The predicted molar refractivity (Wildman–Crippen MR) is 73.1 cm³/mol. The number of carbonyl (C=O) groups excluding carboxylic acids is 1. The normalized spacial score (nSPS) is 10.7. The minimum Gasteiger partial charge on any atom is -0.461 e. The van der Waals surface area contributed by atoms with Crippen LogP contribution in [0.15, 0.2) is 36.5 Å². The van der Waals surface area contributed by atoms with Gasteiger partial charge in [-0.15, -0.1) is 0 Å². The average Bonchev–Trinajstić information content (AvgIpc) is 2.85. The van der Waals surface area contributed by atoms with E-state index >= 15 is 0 Å². The zero-order chi connectivity index (χ0) is 13.8. The molecule has 0 atom stereocenters. The van der Waals surface area contributed by atoms with Crippen molar-refractivity contribution in [3.05, 3.63) is 42.2 Å². The molecule has 0 saturated heterocycles. The number of rotatable bonds is 4. The number of esters is 1. The van der Waals surface area contributed by atoms with Crippen LogP contribution < -0.4 is 5.73 Å². The Hall–Kier alpha value is -2.30. The van der Waals surface area contributed by atoms with Crippen molar-refractivity contribution in [2.24, 2.45) is 5.92 Å². The molecule has 0 radical (unpaired) electrons. The van der Waals surface area contributed by atoms with Crippen molar-refractivity contribution in [1.82, 2.24) is 9.78 Å². The predicted octanol–water partition coefficient (Wildman–Crippen LogP) is 2.27. The first-order valence-corrected chi connectivity index (χ1v) is 6.15. The Labute approximate surface area is 112 Å². The monoisotopic (exact) mass is 259 g/mol. The van der Waals surface area contributed by atoms with E-state index in [1.807, 2.05) is 26.0 Å². The quantitative estimate of drug-likeness (QED) is 0.675. The van der Waals surface area contributed by atoms with Crippen molar-refractivity contribution < 1.29 is 9.53 Å². The Morgan fingerprint density at radius 3 is 2.89 bits per heavy atom. The highest BCUT2D eigenvalue weighted by atomic mass is 16.5. The fourth-order valence-corrected chi connectivity index (χ4v) is 1.56. The molecular weight excluding hydrogens is 242 g/mol. The fourth-order valence-electron chi connectivity index (χ4n) is 1.56. The lowest BCUT2D eigenvalue weighted by Crippen LogP contribution is -2.11. The first kappa shape index (κ1) is 13.1. The molecule has 0 bridgehead atoms. The van der Waals surface area contributed by atoms with E-state index in [0.29, 0.717) is 23.9 Å². The lowest BCUT2D eigenvalue weighted by atomic mass is 10.2. The van der Waals surface area contributed by atoms with E-state index in [9.17, 15) is 4.79 Å². The van der Waals surface area contributed by atoms with Crippen LogP contribution in [0.2, 0.25) is 0 Å². The molecule has 2 aromatic rings. The van der Waals surface area contributed by atoms with Gasteiger partial charge in [0, 0.05) is 11.9 Å². The molecule has 19 heavy (non-hydrogen) atoms. The van der Waals surface area contributed by atoms with Gasteiger partial charge in [0.05, 0.1) is 12.3 Å². The second kappa shape index (κ2) is 5.56. The Bertz CT molecular complexity index is 576. The summed E-state index contributed by atoms with van der Waals surface area (Å²) in [5.41, 5.74) is 7.46. The molecule has 1 aromatic heterocycles. The average molecular weight is 259 g/mol. The molecule has 0 fully saturated rings. The van der Waals surface area contributed by atoms with Crippen LogP contribution in [0.3, 0.4) is 0 Å². The zero-order valence-electron chi connectivity index (χ0n) is 11.0. The highest BCUT2D eigenvalue weighted by Gasteiger charge is 2.12. The highest BCUT2D eigenvalue weighted by Crippen LogP contribution is 2.12. The summed E-state index contributed by atoms with van der Waals surface area (Å²) in [5.74, 6) is -0.101. The van der Waals surface area contributed by atoms with Gasteiger partial charge in [-0.1, -0.05) is 19.9 Å². The van der Waals surface area contributed by atoms with E-state index in [1.165, 1.54) is 0 Å². The molecule has 0 amide bonds. The van der Waals surface area contributed by atoms with E-state index in [4.69, 9.17) is 10.5 Å². The minimum atomic E-state index is -0.406. The van der Waals surface area contributed by atoms with Gasteiger partial charge in [-0.05, 0) is 30.2 Å². The number of hydrogen-bond donors (Lipinski definition) is 1. The first-order valence-electron chi connectivity index (χ1n) is 6.15. The molecule has 2 N–H and O–H groups in total. The first-order chi connectivity index (χ1) is 9.06. The fraction of sp³-hybridized carbons (Fsp3) is 0.286. The number of benzene rings is 1. The van der Waals surface area contributed by atoms with Crippen molar-refractivity contribution in [2.75, 3.05) is 12.3 Å². The molecule has 100 valence electrons. The van der Waals surface area contributed by atoms with Crippen molar-refractivity contribution >= 4 is 11.7 Å². The van der Waals surface area contributed by atoms with E-state index in [-0.39, 0.29) is 0 Å². The summed E-state index contributed by atoms with van der Waals surface area (Å²) in [5, 5.41) is 4.19. The maximum atomic E-state index is 11.7. The van der Waals surface area contributed by atoms with Crippen LogP contribution in [-0.2, 0) is 4.74 Å². The van der Waals surface area contributed by atoms with Gasteiger partial charge in [0.25, 0.3) is 0 Å². The van der Waals surface area contributed by atoms with Crippen molar-refractivity contribution in [2.45, 2.75) is 13.8 Å². The topological polar surface area (TPSA) is 70.1 Å². The van der Waals surface area contributed by atoms with Gasteiger partial charge in [0.2, 0.25) is 0 Å². The number of nitrogens with zero attached hydrogens (tertiary/aromatic N) is 2. The second-order valence-electron chi connectivity index (χ2n) is 4.73. The Morgan fingerprint density at radius 1 is 1.42 bits per heavy atom. The number of hydrogen-bond acceptors (Lipinski definition) is 4. The van der Waals surface area contributed by atoms with E-state index in [2.05, 4.69) is 5.10 Å². The standard InChI is InChI=1S/C14H17N3O2/c1-10(2)9-19-14(18)13-6-7-17(16-13)12-5-3-4-11(15)8-12/h3-8,10H,9,15H2,1-2H3. The zero-order valence-corrected chi connectivity index (χ0v) is 11.0. The number of nitrogen functional groups attached to an aromatic ring is 1. The van der Waals surface area contributed by atoms with E-state index < -0.39 is 5.97 Å². The maximum Gasteiger partial charge on any atom is 0.358 e. The van der Waals surface area contributed by atoms with Gasteiger partial charge in [0.1, 0.15) is 0 Å². The molecule has 5 nitrogen and oxygen atoms in total. The number of ether oxygens (including phenoxy) is 1. The Morgan fingerprint density at radius 2 is 2.21 bits per heavy atom. The van der Waals surface area contributed by atoms with Gasteiger partial charge >= 0.3 is 5.97 Å². The van der Waals surface area contributed by atoms with Gasteiger partial charge in [0.15, 0.2) is 5.69 Å². The molecule has 0 saturated carbocycles. The summed E-state index contributed by atoms with van der Waals surface area (Å²) in [6.45, 7) is 4.36. The molecule has 2 rings (SSSR count). The van der Waals surface area contributed by atoms with Gasteiger partial charge in [-0.2, -0.15) is 5.10 Å². The van der Waals surface area contributed by atoms with Crippen LogP contribution in [0.25, 0.3) is 5.69 Å². The molecule has 0 unspecified atom stereocenters. The van der Waals surface area contributed by atoms with Crippen LogP contribution in [0, 0.1) is 5.92 Å². The van der Waals surface area contributed by atoms with E-state index in [1.54, 1.807) is 29.1 Å². The minimum absolute atomic E-state index is 0.295. The summed E-state index contributed by atoms with van der Waals surface area (Å²) >= 11 is 0. The number of nitrogens with two attached hydrogens (primary N) is 1. The molecule has 5 heteroatoms. The molecular formula is C14H17N3O2. The number of anilines is 1. The maximum absolute atomic E-state index is 11.7. The van der Waals surface area contributed by atoms with Crippen LogP contribution in [0.5, 0.6) is 0 Å². The third-order valence-electron chi connectivity index (χ3n) is 2.48. The van der Waals surface area contributed by atoms with Gasteiger partial charge < -0.3 is 10.5 Å². The summed E-state index contributed by atoms with van der Waals surface area (Å²) in [4.78, 5) is 11.7. The largest absolute Gasteiger partial charge is 0.461 e. The summed E-state index contributed by atoms with van der Waals surface area (Å²) in [6.07, 6.45) is 1.71. The highest BCUT2D eigenvalue weighted by molar-refractivity contribution is 5.87. The molecule has 0 aliphatic carbocycles.